The first kappa shape index (κ1) is 10.4. The highest BCUT2D eigenvalue weighted by atomic mass is 14.9. The molecule has 3 heteroatoms. The van der Waals surface area contributed by atoms with Crippen LogP contribution in [0.25, 0.3) is 10.9 Å². The molecule has 2 N–H and O–H groups in total. The molecule has 2 heterocycles. The second-order valence-electron chi connectivity index (χ2n) is 4.68. The molecular formula is C14H15N3. The van der Waals surface area contributed by atoms with Gasteiger partial charge in [0.25, 0.3) is 0 Å². The number of nitrogens with zero attached hydrogens (tertiary/aromatic N) is 1. The van der Waals surface area contributed by atoms with Crippen LogP contribution in [0, 0.1) is 11.3 Å². The molecular weight excluding hydrogens is 210 g/mol. The van der Waals surface area contributed by atoms with Gasteiger partial charge in [-0.05, 0) is 49.6 Å². The fourth-order valence-electron chi connectivity index (χ4n) is 2.61. The summed E-state index contributed by atoms with van der Waals surface area (Å²) < 4.78 is 0. The average Bonchev–Trinajstić information content (AvgIpc) is 2.99. The number of aromatic amines is 1. The first-order valence-electron chi connectivity index (χ1n) is 6.10. The van der Waals surface area contributed by atoms with Crippen molar-refractivity contribution in [3.05, 3.63) is 35.5 Å². The third-order valence-corrected chi connectivity index (χ3v) is 3.53. The summed E-state index contributed by atoms with van der Waals surface area (Å²) in [6, 6.07) is 8.62. The van der Waals surface area contributed by atoms with E-state index < -0.39 is 0 Å². The van der Waals surface area contributed by atoms with Gasteiger partial charge >= 0.3 is 0 Å². The highest BCUT2D eigenvalue weighted by molar-refractivity contribution is 5.84. The van der Waals surface area contributed by atoms with Crippen molar-refractivity contribution in [2.24, 2.45) is 0 Å². The van der Waals surface area contributed by atoms with Crippen molar-refractivity contribution in [1.29, 1.82) is 5.26 Å². The quantitative estimate of drug-likeness (QED) is 0.824. The predicted molar refractivity (Wildman–Crippen MR) is 67.7 cm³/mol. The van der Waals surface area contributed by atoms with E-state index in [0.29, 0.717) is 6.04 Å². The number of fused-ring (bicyclic) bond motifs is 1. The van der Waals surface area contributed by atoms with Gasteiger partial charge in [0, 0.05) is 23.1 Å². The van der Waals surface area contributed by atoms with Crippen LogP contribution < -0.4 is 5.32 Å². The first-order valence-corrected chi connectivity index (χ1v) is 6.10. The van der Waals surface area contributed by atoms with Gasteiger partial charge < -0.3 is 10.3 Å². The lowest BCUT2D eigenvalue weighted by molar-refractivity contribution is 0.605. The van der Waals surface area contributed by atoms with Gasteiger partial charge in [-0.15, -0.1) is 0 Å². The third-order valence-electron chi connectivity index (χ3n) is 3.53. The van der Waals surface area contributed by atoms with Crippen LogP contribution in [0.15, 0.2) is 24.4 Å². The maximum atomic E-state index is 8.94. The van der Waals surface area contributed by atoms with Gasteiger partial charge in [0.2, 0.25) is 0 Å². The van der Waals surface area contributed by atoms with Crippen LogP contribution in [0.3, 0.4) is 0 Å². The van der Waals surface area contributed by atoms with Gasteiger partial charge in [0.15, 0.2) is 0 Å². The van der Waals surface area contributed by atoms with E-state index in [1.165, 1.54) is 23.8 Å². The summed E-state index contributed by atoms with van der Waals surface area (Å²) >= 11 is 0. The monoisotopic (exact) mass is 225 g/mol. The Kier molecular flexibility index (Phi) is 2.58. The molecule has 2 aromatic rings. The molecule has 0 bridgehead atoms. The van der Waals surface area contributed by atoms with E-state index >= 15 is 0 Å². The molecule has 1 unspecified atom stereocenters. The molecule has 0 saturated carbocycles. The Morgan fingerprint density at radius 2 is 2.35 bits per heavy atom. The summed E-state index contributed by atoms with van der Waals surface area (Å²) in [7, 11) is 0. The van der Waals surface area contributed by atoms with Crippen molar-refractivity contribution in [1.82, 2.24) is 10.3 Å². The van der Waals surface area contributed by atoms with Crippen molar-refractivity contribution in [3.8, 4) is 6.07 Å². The van der Waals surface area contributed by atoms with Crippen LogP contribution in [0.2, 0.25) is 0 Å². The van der Waals surface area contributed by atoms with Crippen LogP contribution in [0.4, 0.5) is 0 Å². The molecule has 1 aliphatic rings. The van der Waals surface area contributed by atoms with Crippen molar-refractivity contribution in [3.63, 3.8) is 0 Å². The SMILES string of the molecule is N#Cc1ccc2[nH]cc(CC3CCCN3)c2c1. The summed E-state index contributed by atoms with van der Waals surface area (Å²) in [5.41, 5.74) is 3.17. The molecule has 1 atom stereocenters. The second-order valence-corrected chi connectivity index (χ2v) is 4.68. The first-order chi connectivity index (χ1) is 8.36. The van der Waals surface area contributed by atoms with Crippen molar-refractivity contribution < 1.29 is 0 Å². The Balaban J connectivity index is 1.95. The molecule has 1 aliphatic heterocycles. The molecule has 1 fully saturated rings. The molecule has 17 heavy (non-hydrogen) atoms. The van der Waals surface area contributed by atoms with E-state index in [4.69, 9.17) is 5.26 Å². The van der Waals surface area contributed by atoms with Gasteiger partial charge in [-0.2, -0.15) is 5.26 Å². The Morgan fingerprint density at radius 3 is 3.12 bits per heavy atom. The highest BCUT2D eigenvalue weighted by Gasteiger charge is 2.16. The molecule has 0 amide bonds. The minimum atomic E-state index is 0.597. The van der Waals surface area contributed by atoms with Gasteiger partial charge in [-0.3, -0.25) is 0 Å². The van der Waals surface area contributed by atoms with Crippen LogP contribution in [0.5, 0.6) is 0 Å². The Labute approximate surface area is 100 Å². The topological polar surface area (TPSA) is 51.6 Å². The second kappa shape index (κ2) is 4.23. The van der Waals surface area contributed by atoms with Gasteiger partial charge in [-0.25, -0.2) is 0 Å². The molecule has 86 valence electrons. The normalized spacial score (nSPS) is 19.6. The van der Waals surface area contributed by atoms with E-state index in [2.05, 4.69) is 22.6 Å². The number of benzene rings is 1. The van der Waals surface area contributed by atoms with E-state index in [9.17, 15) is 0 Å². The molecule has 3 rings (SSSR count). The van der Waals surface area contributed by atoms with E-state index in [-0.39, 0.29) is 0 Å². The third kappa shape index (κ3) is 1.92. The molecule has 3 nitrogen and oxygen atoms in total. The Bertz CT molecular complexity index is 571. The lowest BCUT2D eigenvalue weighted by Crippen LogP contribution is -2.23. The molecule has 1 aromatic carbocycles. The largest absolute Gasteiger partial charge is 0.361 e. The van der Waals surface area contributed by atoms with E-state index in [1.807, 2.05) is 18.2 Å². The lowest BCUT2D eigenvalue weighted by Gasteiger charge is -2.08. The minimum absolute atomic E-state index is 0.597. The highest BCUT2D eigenvalue weighted by Crippen LogP contribution is 2.22. The maximum Gasteiger partial charge on any atom is 0.0991 e. The number of hydrogen-bond donors (Lipinski definition) is 2. The van der Waals surface area contributed by atoms with Crippen molar-refractivity contribution >= 4 is 10.9 Å². The summed E-state index contributed by atoms with van der Waals surface area (Å²) in [4.78, 5) is 3.28. The standard InChI is InChI=1S/C14H15N3/c15-8-10-3-4-14-13(6-10)11(9-17-14)7-12-2-1-5-16-12/h3-4,6,9,12,16-17H,1-2,5,7H2. The van der Waals surface area contributed by atoms with E-state index in [1.54, 1.807) is 0 Å². The zero-order chi connectivity index (χ0) is 11.7. The smallest absolute Gasteiger partial charge is 0.0991 e. The van der Waals surface area contributed by atoms with Gasteiger partial charge in [0.1, 0.15) is 0 Å². The number of rotatable bonds is 2. The fourth-order valence-corrected chi connectivity index (χ4v) is 2.61. The summed E-state index contributed by atoms with van der Waals surface area (Å²) in [6.45, 7) is 1.14. The lowest BCUT2D eigenvalue weighted by atomic mass is 10.0. The van der Waals surface area contributed by atoms with E-state index in [0.717, 1.165) is 24.0 Å². The molecule has 1 saturated heterocycles. The Hall–Kier alpha value is -1.79. The van der Waals surface area contributed by atoms with Crippen LogP contribution >= 0.6 is 0 Å². The average molecular weight is 225 g/mol. The fraction of sp³-hybridized carbons (Fsp3) is 0.357. The van der Waals surface area contributed by atoms with Gasteiger partial charge in [-0.1, -0.05) is 0 Å². The maximum absolute atomic E-state index is 8.94. The summed E-state index contributed by atoms with van der Waals surface area (Å²) in [5, 5.41) is 13.6. The zero-order valence-corrected chi connectivity index (χ0v) is 9.66. The zero-order valence-electron chi connectivity index (χ0n) is 9.66. The van der Waals surface area contributed by atoms with Crippen LogP contribution in [-0.4, -0.2) is 17.6 Å². The van der Waals surface area contributed by atoms with Crippen LogP contribution in [0.1, 0.15) is 24.0 Å². The number of nitrogens with one attached hydrogen (secondary N) is 2. The molecule has 0 aliphatic carbocycles. The molecule has 0 spiro atoms. The van der Waals surface area contributed by atoms with Crippen LogP contribution in [-0.2, 0) is 6.42 Å². The number of hydrogen-bond acceptors (Lipinski definition) is 2. The summed E-state index contributed by atoms with van der Waals surface area (Å²) in [6.07, 6.45) is 5.65. The Morgan fingerprint density at radius 1 is 1.41 bits per heavy atom. The minimum Gasteiger partial charge on any atom is -0.361 e. The van der Waals surface area contributed by atoms with Crippen molar-refractivity contribution in [2.75, 3.05) is 6.54 Å². The van der Waals surface area contributed by atoms with Crippen molar-refractivity contribution in [2.45, 2.75) is 25.3 Å². The number of nitriles is 1. The number of aromatic nitrogens is 1. The van der Waals surface area contributed by atoms with Gasteiger partial charge in [0.05, 0.1) is 11.6 Å². The molecule has 1 aromatic heterocycles. The predicted octanol–water partition coefficient (Wildman–Crippen LogP) is 2.33. The summed E-state index contributed by atoms with van der Waals surface area (Å²) in [5.74, 6) is 0. The molecule has 0 radical (unpaired) electrons. The number of H-pyrrole nitrogens is 1.